The zero-order valence-corrected chi connectivity index (χ0v) is 9.98. The van der Waals surface area contributed by atoms with Crippen molar-refractivity contribution in [3.05, 3.63) is 66.4 Å². The topological polar surface area (TPSA) is 12.9 Å². The minimum atomic E-state index is 0.873. The second kappa shape index (κ2) is 4.79. The third-order valence-electron chi connectivity index (χ3n) is 2.72. The predicted molar refractivity (Wildman–Crippen MR) is 74.6 cm³/mol. The Labute approximate surface area is 102 Å². The highest BCUT2D eigenvalue weighted by Crippen LogP contribution is 2.20. The van der Waals surface area contributed by atoms with Crippen LogP contribution in [0, 0.1) is 6.92 Å². The molecular formula is C16H15N. The second-order valence-electron chi connectivity index (χ2n) is 3.95. The zero-order chi connectivity index (χ0) is 12.3. The molecular weight excluding hydrogens is 206 g/mol. The smallest absolute Gasteiger partial charge is 0.0709 e. The molecule has 2 rings (SSSR count). The molecule has 1 aromatic heterocycles. The Bertz CT molecular complexity index is 550. The Morgan fingerprint density at radius 2 is 1.65 bits per heavy atom. The lowest BCUT2D eigenvalue weighted by Crippen LogP contribution is -1.90. The van der Waals surface area contributed by atoms with Gasteiger partial charge in [-0.3, -0.25) is 0 Å². The van der Waals surface area contributed by atoms with Gasteiger partial charge in [-0.15, -0.1) is 0 Å². The van der Waals surface area contributed by atoms with Crippen LogP contribution in [0.1, 0.15) is 16.8 Å². The van der Waals surface area contributed by atoms with Gasteiger partial charge in [0.05, 0.1) is 11.4 Å². The summed E-state index contributed by atoms with van der Waals surface area (Å²) in [7, 11) is 0. The number of aromatic nitrogens is 1. The van der Waals surface area contributed by atoms with Gasteiger partial charge in [-0.2, -0.15) is 0 Å². The fourth-order valence-electron chi connectivity index (χ4n) is 1.71. The van der Waals surface area contributed by atoms with E-state index in [0.29, 0.717) is 0 Å². The maximum Gasteiger partial charge on any atom is 0.0709 e. The molecule has 1 heteroatoms. The van der Waals surface area contributed by atoms with Crippen LogP contribution in [0.4, 0.5) is 0 Å². The molecule has 84 valence electrons. The molecule has 0 aliphatic carbocycles. The lowest BCUT2D eigenvalue weighted by molar-refractivity contribution is 1.28. The summed E-state index contributed by atoms with van der Waals surface area (Å²) in [6, 6.07) is 12.4. The van der Waals surface area contributed by atoms with Gasteiger partial charge in [-0.05, 0) is 24.6 Å². The summed E-state index contributed by atoms with van der Waals surface area (Å²) in [6.07, 6.45) is 3.55. The van der Waals surface area contributed by atoms with Crippen molar-refractivity contribution in [3.8, 4) is 11.3 Å². The molecule has 2 aromatic rings. The predicted octanol–water partition coefficient (Wildman–Crippen LogP) is 4.34. The molecule has 0 saturated carbocycles. The summed E-state index contributed by atoms with van der Waals surface area (Å²) in [6.45, 7) is 9.62. The molecule has 1 aromatic carbocycles. The fraction of sp³-hybridized carbons (Fsp3) is 0.0625. The van der Waals surface area contributed by atoms with Gasteiger partial charge >= 0.3 is 0 Å². The van der Waals surface area contributed by atoms with Gasteiger partial charge in [0.2, 0.25) is 0 Å². The van der Waals surface area contributed by atoms with Crippen LogP contribution >= 0.6 is 0 Å². The van der Waals surface area contributed by atoms with E-state index in [1.807, 2.05) is 12.1 Å². The molecule has 1 heterocycles. The Morgan fingerprint density at radius 1 is 0.941 bits per heavy atom. The van der Waals surface area contributed by atoms with Crippen molar-refractivity contribution in [1.82, 2.24) is 4.98 Å². The first-order chi connectivity index (χ1) is 8.24. The average Bonchev–Trinajstić information content (AvgIpc) is 2.39. The van der Waals surface area contributed by atoms with E-state index in [1.165, 1.54) is 5.56 Å². The quantitative estimate of drug-likeness (QED) is 0.751. The van der Waals surface area contributed by atoms with Gasteiger partial charge in [0.25, 0.3) is 0 Å². The van der Waals surface area contributed by atoms with E-state index >= 15 is 0 Å². The number of hydrogen-bond acceptors (Lipinski definition) is 1. The molecule has 0 bridgehead atoms. The molecule has 0 aliphatic rings. The van der Waals surface area contributed by atoms with Crippen LogP contribution in [-0.4, -0.2) is 4.98 Å². The highest BCUT2D eigenvalue weighted by Gasteiger charge is 2.02. The molecule has 0 atom stereocenters. The van der Waals surface area contributed by atoms with E-state index in [1.54, 1.807) is 12.2 Å². The number of aryl methyl sites for hydroxylation is 1. The maximum absolute atomic E-state index is 4.57. The molecule has 0 spiro atoms. The maximum atomic E-state index is 4.57. The number of rotatable bonds is 3. The van der Waals surface area contributed by atoms with Gasteiger partial charge in [0.15, 0.2) is 0 Å². The van der Waals surface area contributed by atoms with Crippen LogP contribution in [0.25, 0.3) is 23.4 Å². The zero-order valence-electron chi connectivity index (χ0n) is 9.98. The lowest BCUT2D eigenvalue weighted by Gasteiger charge is -2.05. The average molecular weight is 221 g/mol. The fourth-order valence-corrected chi connectivity index (χ4v) is 1.71. The summed E-state index contributed by atoms with van der Waals surface area (Å²) < 4.78 is 0. The molecule has 0 aliphatic heterocycles. The van der Waals surface area contributed by atoms with Crippen LogP contribution in [0.2, 0.25) is 0 Å². The van der Waals surface area contributed by atoms with E-state index in [9.17, 15) is 0 Å². The van der Waals surface area contributed by atoms with Crippen molar-refractivity contribution in [2.45, 2.75) is 6.92 Å². The lowest BCUT2D eigenvalue weighted by atomic mass is 10.1. The summed E-state index contributed by atoms with van der Waals surface area (Å²) in [5, 5.41) is 0. The second-order valence-corrected chi connectivity index (χ2v) is 3.95. The first-order valence-corrected chi connectivity index (χ1v) is 5.57. The number of nitrogens with zero attached hydrogens (tertiary/aromatic N) is 1. The largest absolute Gasteiger partial charge is 0.248 e. The van der Waals surface area contributed by atoms with Crippen molar-refractivity contribution >= 4 is 12.2 Å². The van der Waals surface area contributed by atoms with Crippen molar-refractivity contribution in [2.75, 3.05) is 0 Å². The van der Waals surface area contributed by atoms with E-state index in [2.05, 4.69) is 49.3 Å². The van der Waals surface area contributed by atoms with Crippen LogP contribution in [-0.2, 0) is 0 Å². The van der Waals surface area contributed by atoms with Gasteiger partial charge in [0, 0.05) is 5.56 Å². The third-order valence-corrected chi connectivity index (χ3v) is 2.72. The minimum absolute atomic E-state index is 0.873. The minimum Gasteiger partial charge on any atom is -0.248 e. The summed E-state index contributed by atoms with van der Waals surface area (Å²) >= 11 is 0. The highest BCUT2D eigenvalue weighted by molar-refractivity contribution is 5.67. The summed E-state index contributed by atoms with van der Waals surface area (Å²) in [5.41, 5.74) is 5.22. The van der Waals surface area contributed by atoms with Crippen molar-refractivity contribution in [3.63, 3.8) is 0 Å². The SMILES string of the molecule is C=Cc1ccc(-c2ccc(C)cc2)nc1C=C. The molecule has 0 fully saturated rings. The molecule has 0 N–H and O–H groups in total. The van der Waals surface area contributed by atoms with E-state index in [0.717, 1.165) is 22.5 Å². The third kappa shape index (κ3) is 2.34. The first-order valence-electron chi connectivity index (χ1n) is 5.57. The van der Waals surface area contributed by atoms with Gasteiger partial charge < -0.3 is 0 Å². The van der Waals surface area contributed by atoms with Gasteiger partial charge in [-0.25, -0.2) is 4.98 Å². The van der Waals surface area contributed by atoms with Crippen LogP contribution in [0.5, 0.6) is 0 Å². The molecule has 0 saturated heterocycles. The standard InChI is InChI=1S/C16H15N/c1-4-13-10-11-16(17-15(13)5-2)14-8-6-12(3)7-9-14/h4-11H,1-2H2,3H3. The number of pyridine rings is 1. The molecule has 17 heavy (non-hydrogen) atoms. The molecule has 0 radical (unpaired) electrons. The van der Waals surface area contributed by atoms with Crippen molar-refractivity contribution in [1.29, 1.82) is 0 Å². The van der Waals surface area contributed by atoms with Crippen LogP contribution < -0.4 is 0 Å². The van der Waals surface area contributed by atoms with E-state index < -0.39 is 0 Å². The normalized spacial score (nSPS) is 9.94. The first kappa shape index (κ1) is 11.3. The van der Waals surface area contributed by atoms with Gasteiger partial charge in [0.1, 0.15) is 0 Å². The summed E-state index contributed by atoms with van der Waals surface area (Å²) in [4.78, 5) is 4.57. The summed E-state index contributed by atoms with van der Waals surface area (Å²) in [5.74, 6) is 0. The Morgan fingerprint density at radius 3 is 2.24 bits per heavy atom. The Kier molecular flexibility index (Phi) is 3.20. The van der Waals surface area contributed by atoms with Gasteiger partial charge in [-0.1, -0.05) is 55.1 Å². The Hall–Kier alpha value is -2.15. The molecule has 1 nitrogen and oxygen atoms in total. The van der Waals surface area contributed by atoms with E-state index in [-0.39, 0.29) is 0 Å². The van der Waals surface area contributed by atoms with Crippen LogP contribution in [0.3, 0.4) is 0 Å². The Balaban J connectivity index is 2.49. The number of benzene rings is 1. The van der Waals surface area contributed by atoms with E-state index in [4.69, 9.17) is 0 Å². The monoisotopic (exact) mass is 221 g/mol. The highest BCUT2D eigenvalue weighted by atomic mass is 14.7. The van der Waals surface area contributed by atoms with Crippen molar-refractivity contribution in [2.24, 2.45) is 0 Å². The van der Waals surface area contributed by atoms with Crippen LogP contribution in [0.15, 0.2) is 49.6 Å². The molecule has 0 unspecified atom stereocenters. The van der Waals surface area contributed by atoms with Crippen molar-refractivity contribution < 1.29 is 0 Å². The molecule has 0 amide bonds. The number of hydrogen-bond donors (Lipinski definition) is 0.